The van der Waals surface area contributed by atoms with Gasteiger partial charge < -0.3 is 4.74 Å². The normalized spacial score (nSPS) is 9.40. The molecular weight excluding hydrogens is 217 g/mol. The smallest absolute Gasteiger partial charge is 0.315 e. The molecule has 0 saturated heterocycles. The van der Waals surface area contributed by atoms with E-state index in [0.29, 0.717) is 4.90 Å². The molecule has 0 saturated carbocycles. The van der Waals surface area contributed by atoms with Crippen molar-refractivity contribution in [1.29, 1.82) is 5.26 Å². The maximum atomic E-state index is 12.7. The summed E-state index contributed by atoms with van der Waals surface area (Å²) in [5.41, 5.74) is 0.195. The fourth-order valence-corrected chi connectivity index (χ4v) is 1.65. The van der Waals surface area contributed by atoms with E-state index in [4.69, 9.17) is 5.26 Å². The first kappa shape index (κ1) is 11.5. The summed E-state index contributed by atoms with van der Waals surface area (Å²) < 4.78 is 17.1. The van der Waals surface area contributed by atoms with E-state index in [-0.39, 0.29) is 11.3 Å². The molecule has 1 radical (unpaired) electrons. The Morgan fingerprint density at radius 3 is 3.13 bits per heavy atom. The molecule has 0 amide bonds. The van der Waals surface area contributed by atoms with Crippen LogP contribution in [0.2, 0.25) is 0 Å². The molecule has 1 rings (SSSR count). The number of benzene rings is 1. The highest BCUT2D eigenvalue weighted by molar-refractivity contribution is 8.00. The molecule has 0 N–H and O–H groups in total. The van der Waals surface area contributed by atoms with Crippen LogP contribution in [0, 0.1) is 23.2 Å². The molecule has 0 bridgehead atoms. The number of hydrogen-bond acceptors (Lipinski definition) is 4. The van der Waals surface area contributed by atoms with Crippen molar-refractivity contribution in [2.75, 3.05) is 12.9 Å². The Bertz CT molecular complexity index is 414. The molecule has 0 fully saturated rings. The van der Waals surface area contributed by atoms with Crippen molar-refractivity contribution in [2.45, 2.75) is 4.90 Å². The Balaban J connectivity index is 2.77. The van der Waals surface area contributed by atoms with Gasteiger partial charge in [-0.2, -0.15) is 5.26 Å². The van der Waals surface area contributed by atoms with Gasteiger partial charge in [0.2, 0.25) is 0 Å². The number of hydrogen-bond donors (Lipinski definition) is 0. The van der Waals surface area contributed by atoms with Crippen LogP contribution in [0.3, 0.4) is 0 Å². The van der Waals surface area contributed by atoms with Gasteiger partial charge in [-0.15, -0.1) is 11.8 Å². The zero-order valence-corrected chi connectivity index (χ0v) is 8.73. The van der Waals surface area contributed by atoms with Gasteiger partial charge in [0.25, 0.3) is 0 Å². The lowest BCUT2D eigenvalue weighted by Crippen LogP contribution is -2.03. The minimum atomic E-state index is -0.589. The molecule has 0 heterocycles. The number of methoxy groups -OCH3 is 1. The van der Waals surface area contributed by atoms with Crippen LogP contribution >= 0.6 is 11.8 Å². The van der Waals surface area contributed by atoms with Gasteiger partial charge in [0.15, 0.2) is 0 Å². The number of halogens is 1. The fraction of sp³-hybridized carbons (Fsp3) is 0.200. The SMILES string of the molecule is COC(=O)CSc1c[c]c(F)cc1C#N. The van der Waals surface area contributed by atoms with Gasteiger partial charge in [-0.25, -0.2) is 4.39 Å². The Labute approximate surface area is 90.8 Å². The average molecular weight is 224 g/mol. The van der Waals surface area contributed by atoms with Crippen LogP contribution in [0.25, 0.3) is 0 Å². The number of carbonyl (C=O) groups excluding carboxylic acids is 1. The second kappa shape index (κ2) is 5.37. The molecule has 0 aromatic heterocycles. The van der Waals surface area contributed by atoms with E-state index in [1.165, 1.54) is 13.2 Å². The lowest BCUT2D eigenvalue weighted by Gasteiger charge is -2.02. The van der Waals surface area contributed by atoms with Crippen molar-refractivity contribution in [3.8, 4) is 6.07 Å². The van der Waals surface area contributed by atoms with Crippen LogP contribution in [-0.4, -0.2) is 18.8 Å². The van der Waals surface area contributed by atoms with E-state index in [2.05, 4.69) is 10.8 Å². The molecule has 0 aliphatic heterocycles. The monoisotopic (exact) mass is 224 g/mol. The first-order valence-corrected chi connectivity index (χ1v) is 4.97. The van der Waals surface area contributed by atoms with E-state index >= 15 is 0 Å². The molecule has 0 aliphatic rings. The number of rotatable bonds is 3. The average Bonchev–Trinajstić information content (AvgIpc) is 2.26. The van der Waals surface area contributed by atoms with Gasteiger partial charge in [0.05, 0.1) is 18.4 Å². The zero-order chi connectivity index (χ0) is 11.3. The molecule has 77 valence electrons. The Hall–Kier alpha value is -1.54. The summed E-state index contributed by atoms with van der Waals surface area (Å²) in [7, 11) is 1.28. The largest absolute Gasteiger partial charge is 0.468 e. The van der Waals surface area contributed by atoms with Crippen molar-refractivity contribution in [3.05, 3.63) is 29.6 Å². The third kappa shape index (κ3) is 3.26. The van der Waals surface area contributed by atoms with Crippen molar-refractivity contribution in [2.24, 2.45) is 0 Å². The van der Waals surface area contributed by atoms with Gasteiger partial charge in [-0.05, 0) is 12.1 Å². The van der Waals surface area contributed by atoms with Crippen LogP contribution in [0.1, 0.15) is 5.56 Å². The third-order valence-corrected chi connectivity index (χ3v) is 2.60. The molecule has 5 heteroatoms. The van der Waals surface area contributed by atoms with Crippen molar-refractivity contribution < 1.29 is 13.9 Å². The van der Waals surface area contributed by atoms with Gasteiger partial charge in [-0.3, -0.25) is 4.79 Å². The summed E-state index contributed by atoms with van der Waals surface area (Å²) in [6, 6.07) is 6.60. The summed E-state index contributed by atoms with van der Waals surface area (Å²) in [6.45, 7) is 0. The van der Waals surface area contributed by atoms with E-state index in [9.17, 15) is 9.18 Å². The lowest BCUT2D eigenvalue weighted by atomic mass is 10.2. The predicted octanol–water partition coefficient (Wildman–Crippen LogP) is 1.76. The van der Waals surface area contributed by atoms with Gasteiger partial charge >= 0.3 is 5.97 Å². The predicted molar refractivity (Wildman–Crippen MR) is 52.7 cm³/mol. The molecule has 3 nitrogen and oxygen atoms in total. The second-order valence-corrected chi connectivity index (χ2v) is 3.55. The quantitative estimate of drug-likeness (QED) is 0.580. The fourth-order valence-electron chi connectivity index (χ4n) is 0.854. The standard InChI is InChI=1S/C10H7FNO2S/c1-14-10(13)6-15-9-3-2-8(11)4-7(9)5-12/h3-4H,6H2,1H3. The highest BCUT2D eigenvalue weighted by atomic mass is 32.2. The summed E-state index contributed by atoms with van der Waals surface area (Å²) in [6.07, 6.45) is 0. The van der Waals surface area contributed by atoms with Gasteiger partial charge in [0, 0.05) is 11.0 Å². The summed E-state index contributed by atoms with van der Waals surface area (Å²) in [5.74, 6) is -0.896. The van der Waals surface area contributed by atoms with Crippen molar-refractivity contribution in [3.63, 3.8) is 0 Å². The summed E-state index contributed by atoms with van der Waals surface area (Å²) >= 11 is 1.12. The highest BCUT2D eigenvalue weighted by Gasteiger charge is 2.07. The Morgan fingerprint density at radius 1 is 1.80 bits per heavy atom. The molecular formula is C10H7FNO2S. The van der Waals surface area contributed by atoms with Gasteiger partial charge in [0.1, 0.15) is 11.9 Å². The maximum Gasteiger partial charge on any atom is 0.315 e. The number of nitrogens with zero attached hydrogens (tertiary/aromatic N) is 1. The molecule has 0 aliphatic carbocycles. The van der Waals surface area contributed by atoms with Crippen molar-refractivity contribution >= 4 is 17.7 Å². The Kier molecular flexibility index (Phi) is 4.13. The Morgan fingerprint density at radius 2 is 2.53 bits per heavy atom. The number of carbonyl (C=O) groups is 1. The van der Waals surface area contributed by atoms with Crippen LogP contribution < -0.4 is 0 Å². The topological polar surface area (TPSA) is 50.1 Å². The minimum absolute atomic E-state index is 0.0879. The van der Waals surface area contributed by atoms with Crippen LogP contribution in [0.4, 0.5) is 4.39 Å². The number of nitriles is 1. The molecule has 0 unspecified atom stereocenters. The van der Waals surface area contributed by atoms with E-state index in [1.54, 1.807) is 0 Å². The van der Waals surface area contributed by atoms with Gasteiger partial charge in [-0.1, -0.05) is 0 Å². The molecule has 1 aromatic carbocycles. The molecule has 15 heavy (non-hydrogen) atoms. The summed E-state index contributed by atoms with van der Waals surface area (Å²) in [5, 5.41) is 8.71. The molecule has 0 atom stereocenters. The zero-order valence-electron chi connectivity index (χ0n) is 7.91. The number of ether oxygens (including phenoxy) is 1. The maximum absolute atomic E-state index is 12.7. The number of esters is 1. The first-order valence-electron chi connectivity index (χ1n) is 3.98. The van der Waals surface area contributed by atoms with Crippen molar-refractivity contribution in [1.82, 2.24) is 0 Å². The highest BCUT2D eigenvalue weighted by Crippen LogP contribution is 2.22. The molecule has 0 spiro atoms. The van der Waals surface area contributed by atoms with E-state index < -0.39 is 11.8 Å². The second-order valence-electron chi connectivity index (χ2n) is 2.54. The minimum Gasteiger partial charge on any atom is -0.468 e. The van der Waals surface area contributed by atoms with Crippen LogP contribution in [-0.2, 0) is 9.53 Å². The van der Waals surface area contributed by atoms with Crippen LogP contribution in [0.5, 0.6) is 0 Å². The van der Waals surface area contributed by atoms with E-state index in [0.717, 1.165) is 17.8 Å². The number of thioether (sulfide) groups is 1. The lowest BCUT2D eigenvalue weighted by molar-refractivity contribution is -0.137. The van der Waals surface area contributed by atoms with Crippen LogP contribution in [0.15, 0.2) is 17.0 Å². The first-order chi connectivity index (χ1) is 7.17. The molecule has 1 aromatic rings. The third-order valence-electron chi connectivity index (χ3n) is 1.57. The van der Waals surface area contributed by atoms with E-state index in [1.807, 2.05) is 6.07 Å². The summed E-state index contributed by atoms with van der Waals surface area (Å²) in [4.78, 5) is 11.4.